The van der Waals surface area contributed by atoms with Gasteiger partial charge in [-0.05, 0) is 51.1 Å². The number of urea groups is 1. The van der Waals surface area contributed by atoms with Crippen LogP contribution in [0.1, 0.15) is 32.4 Å². The lowest BCUT2D eigenvalue weighted by atomic mass is 9.87. The molecular formula is C26H28N4O5. The smallest absolute Gasteiger partial charge is 0.341 e. The van der Waals surface area contributed by atoms with Gasteiger partial charge in [0.15, 0.2) is 11.5 Å². The number of carbonyl (C=O) groups is 2. The summed E-state index contributed by atoms with van der Waals surface area (Å²) >= 11 is 0. The lowest BCUT2D eigenvalue weighted by molar-refractivity contribution is -0.150. The molecule has 2 atom stereocenters. The van der Waals surface area contributed by atoms with Gasteiger partial charge in [0.2, 0.25) is 0 Å². The van der Waals surface area contributed by atoms with E-state index in [-0.39, 0.29) is 6.10 Å². The van der Waals surface area contributed by atoms with Crippen LogP contribution >= 0.6 is 0 Å². The van der Waals surface area contributed by atoms with E-state index >= 15 is 0 Å². The predicted molar refractivity (Wildman–Crippen MR) is 131 cm³/mol. The molecule has 0 fully saturated rings. The van der Waals surface area contributed by atoms with Crippen LogP contribution in [0.5, 0.6) is 11.5 Å². The molecule has 2 aromatic carbocycles. The number of nitrogens with zero attached hydrogens (tertiary/aromatic N) is 3. The zero-order valence-electron chi connectivity index (χ0n) is 20.3. The van der Waals surface area contributed by atoms with E-state index in [1.165, 1.54) is 0 Å². The van der Waals surface area contributed by atoms with Gasteiger partial charge in [-0.25, -0.2) is 14.5 Å². The van der Waals surface area contributed by atoms with E-state index < -0.39 is 24.0 Å². The second kappa shape index (κ2) is 10.0. The zero-order valence-corrected chi connectivity index (χ0v) is 20.3. The summed E-state index contributed by atoms with van der Waals surface area (Å²) in [4.78, 5) is 29.5. The molecule has 3 aromatic rings. The van der Waals surface area contributed by atoms with Crippen molar-refractivity contribution in [2.45, 2.75) is 32.9 Å². The molecule has 0 radical (unpaired) electrons. The fourth-order valence-electron chi connectivity index (χ4n) is 4.12. The Labute approximate surface area is 203 Å². The highest BCUT2D eigenvalue weighted by atomic mass is 16.5. The molecule has 0 saturated carbocycles. The van der Waals surface area contributed by atoms with Crippen molar-refractivity contribution in [3.63, 3.8) is 0 Å². The Morgan fingerprint density at radius 2 is 1.77 bits per heavy atom. The quantitative estimate of drug-likeness (QED) is 0.509. The van der Waals surface area contributed by atoms with Crippen molar-refractivity contribution in [3.8, 4) is 28.4 Å². The average Bonchev–Trinajstić information content (AvgIpc) is 3.28. The summed E-state index contributed by atoms with van der Waals surface area (Å²) in [5.41, 5.74) is 3.17. The Hall–Kier alpha value is -4.14. The van der Waals surface area contributed by atoms with Gasteiger partial charge in [0.1, 0.15) is 5.92 Å². The molecular weight excluding hydrogens is 448 g/mol. The first-order valence-corrected chi connectivity index (χ1v) is 11.3. The van der Waals surface area contributed by atoms with E-state index in [1.54, 1.807) is 45.7 Å². The molecule has 1 aliphatic rings. The van der Waals surface area contributed by atoms with E-state index in [0.717, 1.165) is 11.3 Å². The first-order chi connectivity index (χ1) is 16.8. The van der Waals surface area contributed by atoms with E-state index in [2.05, 4.69) is 10.3 Å². The van der Waals surface area contributed by atoms with Crippen LogP contribution in [0.4, 0.5) is 4.79 Å². The highest BCUT2D eigenvalue weighted by Crippen LogP contribution is 2.38. The summed E-state index contributed by atoms with van der Waals surface area (Å²) in [7, 11) is 3.13. The molecule has 4 rings (SSSR count). The Morgan fingerprint density at radius 1 is 1.06 bits per heavy atom. The molecule has 2 unspecified atom stereocenters. The van der Waals surface area contributed by atoms with Gasteiger partial charge in [-0.15, -0.1) is 0 Å². The number of esters is 1. The summed E-state index contributed by atoms with van der Waals surface area (Å²) in [6.07, 6.45) is 1.51. The number of para-hydroxylation sites is 1. The number of nitrogens with one attached hydrogen (secondary N) is 1. The van der Waals surface area contributed by atoms with Gasteiger partial charge in [-0.3, -0.25) is 4.79 Å². The van der Waals surface area contributed by atoms with Gasteiger partial charge in [0.05, 0.1) is 37.7 Å². The number of hydrogen-bond acceptors (Lipinski definition) is 6. The fourth-order valence-corrected chi connectivity index (χ4v) is 4.12. The fraction of sp³-hybridized carbons (Fsp3) is 0.308. The SMILES string of the molecule is COc1ccc(-c2nn(-c3ccccc3)cc2C2NC(=O)N=C(C)C2C(=O)OC(C)C)cc1OC. The first kappa shape index (κ1) is 24.0. The Morgan fingerprint density at radius 3 is 2.43 bits per heavy atom. The van der Waals surface area contributed by atoms with Crippen molar-refractivity contribution in [2.75, 3.05) is 14.2 Å². The van der Waals surface area contributed by atoms with Gasteiger partial charge >= 0.3 is 12.0 Å². The third-order valence-corrected chi connectivity index (χ3v) is 5.70. The Balaban J connectivity index is 1.90. The molecule has 0 bridgehead atoms. The number of methoxy groups -OCH3 is 2. The number of hydrogen-bond donors (Lipinski definition) is 1. The zero-order chi connectivity index (χ0) is 25.1. The second-order valence-corrected chi connectivity index (χ2v) is 8.43. The van der Waals surface area contributed by atoms with Crippen molar-refractivity contribution in [1.29, 1.82) is 0 Å². The summed E-state index contributed by atoms with van der Waals surface area (Å²) in [6.45, 7) is 5.22. The molecule has 182 valence electrons. The number of benzene rings is 2. The average molecular weight is 477 g/mol. The number of carbonyl (C=O) groups excluding carboxylic acids is 2. The monoisotopic (exact) mass is 476 g/mol. The Kier molecular flexibility index (Phi) is 6.86. The number of ether oxygens (including phenoxy) is 3. The van der Waals surface area contributed by atoms with Gasteiger partial charge in [0.25, 0.3) is 0 Å². The van der Waals surface area contributed by atoms with Crippen LogP contribution in [0.3, 0.4) is 0 Å². The van der Waals surface area contributed by atoms with E-state index in [0.29, 0.717) is 28.5 Å². The van der Waals surface area contributed by atoms with Gasteiger partial charge in [-0.1, -0.05) is 18.2 Å². The molecule has 9 nitrogen and oxygen atoms in total. The molecule has 1 aliphatic heterocycles. The van der Waals surface area contributed by atoms with Gasteiger partial charge in [-0.2, -0.15) is 5.10 Å². The predicted octanol–water partition coefficient (Wildman–Crippen LogP) is 4.35. The van der Waals surface area contributed by atoms with Crippen LogP contribution in [-0.2, 0) is 9.53 Å². The van der Waals surface area contributed by atoms with E-state index in [9.17, 15) is 9.59 Å². The summed E-state index contributed by atoms with van der Waals surface area (Å²) < 4.78 is 18.1. The second-order valence-electron chi connectivity index (χ2n) is 8.43. The van der Waals surface area contributed by atoms with Crippen molar-refractivity contribution < 1.29 is 23.8 Å². The van der Waals surface area contributed by atoms with Crippen LogP contribution in [0.15, 0.2) is 59.7 Å². The van der Waals surface area contributed by atoms with Crippen molar-refractivity contribution >= 4 is 17.7 Å². The lowest BCUT2D eigenvalue weighted by Crippen LogP contribution is -2.44. The highest BCUT2D eigenvalue weighted by molar-refractivity contribution is 6.08. The van der Waals surface area contributed by atoms with Crippen molar-refractivity contribution in [2.24, 2.45) is 10.9 Å². The molecule has 0 aliphatic carbocycles. The number of aliphatic imine (C=N–C) groups is 1. The maximum absolute atomic E-state index is 13.1. The number of rotatable bonds is 7. The third-order valence-electron chi connectivity index (χ3n) is 5.70. The minimum Gasteiger partial charge on any atom is -0.493 e. The summed E-state index contributed by atoms with van der Waals surface area (Å²) in [5.74, 6) is -0.154. The maximum atomic E-state index is 13.1. The first-order valence-electron chi connectivity index (χ1n) is 11.3. The number of aromatic nitrogens is 2. The maximum Gasteiger partial charge on any atom is 0.341 e. The van der Waals surface area contributed by atoms with Crippen LogP contribution < -0.4 is 14.8 Å². The minimum absolute atomic E-state index is 0.314. The van der Waals surface area contributed by atoms with Crippen LogP contribution in [0, 0.1) is 5.92 Å². The van der Waals surface area contributed by atoms with Crippen LogP contribution in [0.2, 0.25) is 0 Å². The largest absolute Gasteiger partial charge is 0.493 e. The van der Waals surface area contributed by atoms with E-state index in [4.69, 9.17) is 19.3 Å². The third kappa shape index (κ3) is 4.89. The summed E-state index contributed by atoms with van der Waals surface area (Å²) in [5, 5.41) is 7.70. The molecule has 1 N–H and O–H groups in total. The van der Waals surface area contributed by atoms with Crippen LogP contribution in [-0.4, -0.2) is 47.8 Å². The summed E-state index contributed by atoms with van der Waals surface area (Å²) in [6, 6.07) is 13.8. The molecule has 35 heavy (non-hydrogen) atoms. The molecule has 1 aromatic heterocycles. The number of amides is 2. The highest BCUT2D eigenvalue weighted by Gasteiger charge is 2.40. The van der Waals surface area contributed by atoms with Gasteiger partial charge in [0, 0.05) is 23.0 Å². The Bertz CT molecular complexity index is 1270. The topological polar surface area (TPSA) is 104 Å². The molecule has 2 heterocycles. The molecule has 0 spiro atoms. The standard InChI is InChI=1S/C26H28N4O5/c1-15(2)35-25(31)22-16(3)27-26(32)28-24(22)19-14-30(18-9-7-6-8-10-18)29-23(19)17-11-12-20(33-4)21(13-17)34-5/h6-15,22,24H,1-5H3,(H,28,32). The molecule has 2 amide bonds. The normalized spacial score (nSPS) is 17.5. The molecule has 0 saturated heterocycles. The van der Waals surface area contributed by atoms with Gasteiger partial charge < -0.3 is 19.5 Å². The van der Waals surface area contributed by atoms with Crippen LogP contribution in [0.25, 0.3) is 16.9 Å². The lowest BCUT2D eigenvalue weighted by Gasteiger charge is -2.30. The van der Waals surface area contributed by atoms with Crippen molar-refractivity contribution in [1.82, 2.24) is 15.1 Å². The minimum atomic E-state index is -0.803. The van der Waals surface area contributed by atoms with Crippen molar-refractivity contribution in [3.05, 3.63) is 60.3 Å². The van der Waals surface area contributed by atoms with E-state index in [1.807, 2.05) is 48.7 Å². The molecule has 9 heteroatoms.